The molecule has 2 heterocycles. The number of ether oxygens (including phenoxy) is 1. The number of benzene rings is 1. The fourth-order valence-electron chi connectivity index (χ4n) is 3.94. The van der Waals surface area contributed by atoms with Crippen molar-refractivity contribution in [2.75, 3.05) is 31.5 Å². The van der Waals surface area contributed by atoms with Gasteiger partial charge in [0.15, 0.2) is 0 Å². The van der Waals surface area contributed by atoms with Crippen molar-refractivity contribution in [1.29, 1.82) is 0 Å². The molecule has 2 fully saturated rings. The highest BCUT2D eigenvalue weighted by molar-refractivity contribution is 5.90. The molecule has 0 bridgehead atoms. The predicted octanol–water partition coefficient (Wildman–Crippen LogP) is 3.47. The van der Waals surface area contributed by atoms with Crippen molar-refractivity contribution in [3.8, 4) is 0 Å². The van der Waals surface area contributed by atoms with Crippen molar-refractivity contribution >= 4 is 36.4 Å². The summed E-state index contributed by atoms with van der Waals surface area (Å²) in [5.41, 5.74) is 2.14. The van der Waals surface area contributed by atoms with Gasteiger partial charge in [-0.05, 0) is 63.4 Å². The van der Waals surface area contributed by atoms with Gasteiger partial charge in [-0.1, -0.05) is 12.1 Å². The van der Waals surface area contributed by atoms with Crippen LogP contribution in [0.5, 0.6) is 0 Å². The highest BCUT2D eigenvalue weighted by atomic mass is 35.5. The second-order valence-corrected chi connectivity index (χ2v) is 7.60. The number of morpholine rings is 1. The minimum absolute atomic E-state index is 0. The van der Waals surface area contributed by atoms with Crippen molar-refractivity contribution in [2.24, 2.45) is 5.92 Å². The molecule has 3 unspecified atom stereocenters. The van der Waals surface area contributed by atoms with Crippen molar-refractivity contribution in [2.45, 2.75) is 51.9 Å². The smallest absolute Gasteiger partial charge is 0.224 e. The molecule has 3 atom stereocenters. The molecule has 0 aromatic heterocycles. The molecular weight excluding hydrogens is 385 g/mol. The molecule has 0 aliphatic carbocycles. The first-order valence-electron chi connectivity index (χ1n) is 9.56. The van der Waals surface area contributed by atoms with Crippen molar-refractivity contribution in [1.82, 2.24) is 10.2 Å². The van der Waals surface area contributed by atoms with Crippen LogP contribution in [0, 0.1) is 5.92 Å². The Morgan fingerprint density at radius 2 is 2.00 bits per heavy atom. The summed E-state index contributed by atoms with van der Waals surface area (Å²) < 4.78 is 5.80. The number of carbonyl (C=O) groups is 1. The van der Waals surface area contributed by atoms with E-state index in [1.807, 2.05) is 12.1 Å². The molecule has 27 heavy (non-hydrogen) atoms. The van der Waals surface area contributed by atoms with E-state index in [-0.39, 0.29) is 42.9 Å². The van der Waals surface area contributed by atoms with Crippen LogP contribution in [0.4, 0.5) is 5.69 Å². The van der Waals surface area contributed by atoms with E-state index >= 15 is 0 Å². The summed E-state index contributed by atoms with van der Waals surface area (Å²) in [5, 5.41) is 6.41. The summed E-state index contributed by atoms with van der Waals surface area (Å²) in [4.78, 5) is 14.6. The van der Waals surface area contributed by atoms with Crippen LogP contribution in [0.2, 0.25) is 0 Å². The van der Waals surface area contributed by atoms with E-state index in [0.29, 0.717) is 12.3 Å². The van der Waals surface area contributed by atoms with Crippen LogP contribution in [-0.4, -0.2) is 49.2 Å². The zero-order valence-corrected chi connectivity index (χ0v) is 17.9. The van der Waals surface area contributed by atoms with Crippen LogP contribution in [0.25, 0.3) is 0 Å². The van der Waals surface area contributed by atoms with Gasteiger partial charge in [-0.25, -0.2) is 0 Å². The predicted molar refractivity (Wildman–Crippen MR) is 115 cm³/mol. The van der Waals surface area contributed by atoms with Gasteiger partial charge in [0.1, 0.15) is 0 Å². The molecule has 154 valence electrons. The Bertz CT molecular complexity index is 572. The average Bonchev–Trinajstić information content (AvgIpc) is 3.06. The maximum Gasteiger partial charge on any atom is 0.224 e. The lowest BCUT2D eigenvalue weighted by Crippen LogP contribution is -2.44. The van der Waals surface area contributed by atoms with E-state index < -0.39 is 0 Å². The second-order valence-electron chi connectivity index (χ2n) is 7.60. The van der Waals surface area contributed by atoms with E-state index in [4.69, 9.17) is 4.74 Å². The molecule has 2 N–H and O–H groups in total. The fourth-order valence-corrected chi connectivity index (χ4v) is 3.94. The quantitative estimate of drug-likeness (QED) is 0.743. The Hall–Kier alpha value is -0.850. The third kappa shape index (κ3) is 7.96. The maximum atomic E-state index is 12.2. The summed E-state index contributed by atoms with van der Waals surface area (Å²) in [6.45, 7) is 9.20. The molecule has 2 aliphatic heterocycles. The summed E-state index contributed by atoms with van der Waals surface area (Å²) in [5.74, 6) is 0.778. The third-order valence-corrected chi connectivity index (χ3v) is 5.05. The summed E-state index contributed by atoms with van der Waals surface area (Å²) in [6.07, 6.45) is 3.32. The summed E-state index contributed by atoms with van der Waals surface area (Å²) in [7, 11) is 0. The number of carbonyl (C=O) groups excluding carboxylic acids is 1. The maximum absolute atomic E-state index is 12.2. The largest absolute Gasteiger partial charge is 0.373 e. The number of nitrogens with one attached hydrogen (secondary N) is 2. The molecule has 1 aromatic rings. The summed E-state index contributed by atoms with van der Waals surface area (Å²) in [6, 6.07) is 8.23. The highest BCUT2D eigenvalue weighted by Gasteiger charge is 2.22. The zero-order valence-electron chi connectivity index (χ0n) is 16.3. The van der Waals surface area contributed by atoms with Crippen LogP contribution in [0.3, 0.4) is 0 Å². The minimum Gasteiger partial charge on any atom is -0.373 e. The fraction of sp³-hybridized carbons (Fsp3) is 0.650. The Balaban J connectivity index is 0.00000182. The van der Waals surface area contributed by atoms with Gasteiger partial charge in [0.2, 0.25) is 5.91 Å². The Morgan fingerprint density at radius 3 is 2.67 bits per heavy atom. The number of rotatable bonds is 6. The Morgan fingerprint density at radius 1 is 1.26 bits per heavy atom. The van der Waals surface area contributed by atoms with Crippen molar-refractivity contribution in [3.05, 3.63) is 29.8 Å². The molecule has 0 saturated carbocycles. The number of hydrogen-bond acceptors (Lipinski definition) is 4. The van der Waals surface area contributed by atoms with Gasteiger partial charge < -0.3 is 15.4 Å². The van der Waals surface area contributed by atoms with Gasteiger partial charge in [-0.3, -0.25) is 9.69 Å². The zero-order chi connectivity index (χ0) is 17.6. The average molecular weight is 418 g/mol. The molecule has 2 aliphatic rings. The van der Waals surface area contributed by atoms with Gasteiger partial charge in [-0.2, -0.15) is 0 Å². The standard InChI is InChI=1S/C20H31N3O2.2ClH/c1-15-12-23(13-16(2)25-15)14-18-4-3-5-19(10-18)22-20(24)7-6-17-8-9-21-11-17;;/h3-5,10,15-17,21H,6-9,11-14H2,1-2H3,(H,22,24);2*1H. The molecule has 5 nitrogen and oxygen atoms in total. The minimum atomic E-state index is 0. The van der Waals surface area contributed by atoms with E-state index in [9.17, 15) is 4.79 Å². The molecule has 1 aromatic carbocycles. The first-order chi connectivity index (χ1) is 12.1. The van der Waals surface area contributed by atoms with Crippen molar-refractivity contribution in [3.63, 3.8) is 0 Å². The number of anilines is 1. The second kappa shape index (κ2) is 11.9. The van der Waals surface area contributed by atoms with E-state index in [0.717, 1.165) is 44.8 Å². The van der Waals surface area contributed by atoms with Gasteiger partial charge in [-0.15, -0.1) is 24.8 Å². The monoisotopic (exact) mass is 417 g/mol. The van der Waals surface area contributed by atoms with Crippen LogP contribution in [0.15, 0.2) is 24.3 Å². The third-order valence-electron chi connectivity index (χ3n) is 5.05. The molecule has 2 saturated heterocycles. The number of amides is 1. The lowest BCUT2D eigenvalue weighted by atomic mass is 10.0. The lowest BCUT2D eigenvalue weighted by Gasteiger charge is -2.35. The van der Waals surface area contributed by atoms with Crippen molar-refractivity contribution < 1.29 is 9.53 Å². The first kappa shape index (κ1) is 24.2. The van der Waals surface area contributed by atoms with E-state index in [2.05, 4.69) is 41.5 Å². The van der Waals surface area contributed by atoms with Crippen LogP contribution in [-0.2, 0) is 16.1 Å². The molecule has 0 spiro atoms. The topological polar surface area (TPSA) is 53.6 Å². The molecule has 0 radical (unpaired) electrons. The number of halogens is 2. The normalized spacial score (nSPS) is 25.3. The van der Waals surface area contributed by atoms with Crippen LogP contribution in [0.1, 0.15) is 38.7 Å². The molecular formula is C20H33Cl2N3O2. The van der Waals surface area contributed by atoms with Crippen LogP contribution >= 0.6 is 24.8 Å². The number of hydrogen-bond donors (Lipinski definition) is 2. The molecule has 7 heteroatoms. The van der Waals surface area contributed by atoms with Gasteiger partial charge >= 0.3 is 0 Å². The Labute approximate surface area is 175 Å². The molecule has 1 amide bonds. The lowest BCUT2D eigenvalue weighted by molar-refractivity contribution is -0.116. The van der Waals surface area contributed by atoms with Crippen LogP contribution < -0.4 is 10.6 Å². The number of nitrogens with zero attached hydrogens (tertiary/aromatic N) is 1. The van der Waals surface area contributed by atoms with E-state index in [1.165, 1.54) is 12.0 Å². The van der Waals surface area contributed by atoms with Gasteiger partial charge in [0, 0.05) is 31.7 Å². The molecule has 3 rings (SSSR count). The SMILES string of the molecule is CC1CN(Cc2cccc(NC(=O)CCC3CCNC3)c2)CC(C)O1.Cl.Cl. The highest BCUT2D eigenvalue weighted by Crippen LogP contribution is 2.18. The van der Waals surface area contributed by atoms with E-state index in [1.54, 1.807) is 0 Å². The summed E-state index contributed by atoms with van der Waals surface area (Å²) >= 11 is 0. The van der Waals surface area contributed by atoms with Gasteiger partial charge in [0.05, 0.1) is 12.2 Å². The van der Waals surface area contributed by atoms with Gasteiger partial charge in [0.25, 0.3) is 0 Å². The Kier molecular flexibility index (Phi) is 10.6. The first-order valence-corrected chi connectivity index (χ1v) is 9.56.